The molecule has 0 amide bonds. The van der Waals surface area contributed by atoms with Crippen molar-refractivity contribution >= 4 is 0 Å². The lowest BCUT2D eigenvalue weighted by Gasteiger charge is -2.36. The topological polar surface area (TPSA) is 20.2 Å². The minimum atomic E-state index is -1.51. The first kappa shape index (κ1) is 13.4. The Hall–Kier alpha value is -1.03. The second-order valence-electron chi connectivity index (χ2n) is 5.21. The van der Waals surface area contributed by atoms with E-state index in [0.717, 1.165) is 44.2 Å². The van der Waals surface area contributed by atoms with Gasteiger partial charge in [-0.15, -0.1) is 0 Å². The van der Waals surface area contributed by atoms with E-state index in [4.69, 9.17) is 0 Å². The summed E-state index contributed by atoms with van der Waals surface area (Å²) in [4.78, 5) is 0. The van der Waals surface area contributed by atoms with Gasteiger partial charge in [0.2, 0.25) is 0 Å². The SMILES string of the molecule is CC(O)(c1ccc(F)c(F)c1F)C1CCCCC1. The number of hydrogen-bond acceptors (Lipinski definition) is 1. The van der Waals surface area contributed by atoms with Crippen molar-refractivity contribution in [3.63, 3.8) is 0 Å². The van der Waals surface area contributed by atoms with Gasteiger partial charge in [0.15, 0.2) is 17.5 Å². The van der Waals surface area contributed by atoms with Crippen molar-refractivity contribution in [1.29, 1.82) is 0 Å². The van der Waals surface area contributed by atoms with Crippen LogP contribution in [-0.2, 0) is 5.60 Å². The maximum absolute atomic E-state index is 13.7. The van der Waals surface area contributed by atoms with Crippen LogP contribution in [0.4, 0.5) is 13.2 Å². The highest BCUT2D eigenvalue weighted by molar-refractivity contribution is 5.26. The molecule has 1 aliphatic rings. The van der Waals surface area contributed by atoms with Gasteiger partial charge in [-0.25, -0.2) is 13.2 Å². The molecule has 1 N–H and O–H groups in total. The van der Waals surface area contributed by atoms with Gasteiger partial charge in [0.1, 0.15) is 0 Å². The molecule has 0 aliphatic heterocycles. The first-order chi connectivity index (χ1) is 8.44. The van der Waals surface area contributed by atoms with Crippen LogP contribution in [0.25, 0.3) is 0 Å². The maximum Gasteiger partial charge on any atom is 0.194 e. The molecule has 1 fully saturated rings. The van der Waals surface area contributed by atoms with Gasteiger partial charge in [-0.05, 0) is 31.7 Å². The Morgan fingerprint density at radius 2 is 1.67 bits per heavy atom. The normalized spacial score (nSPS) is 20.7. The zero-order chi connectivity index (χ0) is 13.3. The van der Waals surface area contributed by atoms with Crippen LogP contribution >= 0.6 is 0 Å². The molecule has 4 heteroatoms. The molecule has 1 atom stereocenters. The Morgan fingerprint density at radius 1 is 1.06 bits per heavy atom. The molecule has 0 bridgehead atoms. The smallest absolute Gasteiger partial charge is 0.194 e. The first-order valence-electron chi connectivity index (χ1n) is 6.31. The van der Waals surface area contributed by atoms with Gasteiger partial charge < -0.3 is 5.11 Å². The lowest BCUT2D eigenvalue weighted by Crippen LogP contribution is -2.34. The second kappa shape index (κ2) is 4.92. The van der Waals surface area contributed by atoms with Gasteiger partial charge in [-0.3, -0.25) is 0 Å². The zero-order valence-corrected chi connectivity index (χ0v) is 10.3. The molecule has 18 heavy (non-hydrogen) atoms. The molecular weight excluding hydrogens is 241 g/mol. The first-order valence-corrected chi connectivity index (χ1v) is 6.31. The fourth-order valence-corrected chi connectivity index (χ4v) is 2.80. The minimum absolute atomic E-state index is 0.106. The quantitative estimate of drug-likeness (QED) is 0.798. The van der Waals surface area contributed by atoms with Crippen molar-refractivity contribution in [1.82, 2.24) is 0 Å². The Labute approximate surface area is 105 Å². The van der Waals surface area contributed by atoms with Gasteiger partial charge in [-0.2, -0.15) is 0 Å². The Morgan fingerprint density at radius 3 is 2.28 bits per heavy atom. The summed E-state index contributed by atoms with van der Waals surface area (Å²) in [6.45, 7) is 1.48. The minimum Gasteiger partial charge on any atom is -0.385 e. The van der Waals surface area contributed by atoms with Crippen LogP contribution in [0.3, 0.4) is 0 Å². The van der Waals surface area contributed by atoms with Gasteiger partial charge in [0, 0.05) is 5.56 Å². The van der Waals surface area contributed by atoms with Crippen LogP contribution in [0, 0.1) is 23.4 Å². The van der Waals surface area contributed by atoms with E-state index >= 15 is 0 Å². The van der Waals surface area contributed by atoms with Gasteiger partial charge in [0.25, 0.3) is 0 Å². The average molecular weight is 258 g/mol. The highest BCUT2D eigenvalue weighted by Crippen LogP contribution is 2.40. The van der Waals surface area contributed by atoms with Crippen LogP contribution in [0.5, 0.6) is 0 Å². The Balaban J connectivity index is 2.37. The van der Waals surface area contributed by atoms with E-state index in [1.165, 1.54) is 6.92 Å². The summed E-state index contributed by atoms with van der Waals surface area (Å²) < 4.78 is 39.9. The second-order valence-corrected chi connectivity index (χ2v) is 5.21. The van der Waals surface area contributed by atoms with E-state index < -0.39 is 23.1 Å². The van der Waals surface area contributed by atoms with Crippen molar-refractivity contribution in [2.24, 2.45) is 5.92 Å². The molecule has 0 heterocycles. The van der Waals surface area contributed by atoms with Gasteiger partial charge >= 0.3 is 0 Å². The highest BCUT2D eigenvalue weighted by Gasteiger charge is 2.37. The highest BCUT2D eigenvalue weighted by atomic mass is 19.2. The monoisotopic (exact) mass is 258 g/mol. The molecule has 2 rings (SSSR count). The molecular formula is C14H17F3O. The number of hydrogen-bond donors (Lipinski definition) is 1. The van der Waals surface area contributed by atoms with Gasteiger partial charge in [-0.1, -0.05) is 25.3 Å². The van der Waals surface area contributed by atoms with Crippen molar-refractivity contribution in [2.75, 3.05) is 0 Å². The summed E-state index contributed by atoms with van der Waals surface area (Å²) in [5, 5.41) is 10.5. The standard InChI is InChI=1S/C14H17F3O/c1-14(18,9-5-3-2-4-6-9)10-7-8-11(15)13(17)12(10)16/h7-9,18H,2-6H2,1H3. The van der Waals surface area contributed by atoms with Crippen LogP contribution in [0.2, 0.25) is 0 Å². The number of benzene rings is 1. The molecule has 0 aromatic heterocycles. The van der Waals surface area contributed by atoms with E-state index in [2.05, 4.69) is 0 Å². The molecule has 1 saturated carbocycles. The van der Waals surface area contributed by atoms with E-state index in [1.807, 2.05) is 0 Å². The van der Waals surface area contributed by atoms with Crippen LogP contribution in [-0.4, -0.2) is 5.11 Å². The molecule has 0 saturated heterocycles. The number of aliphatic hydroxyl groups is 1. The fraction of sp³-hybridized carbons (Fsp3) is 0.571. The summed E-state index contributed by atoms with van der Waals surface area (Å²) in [6.07, 6.45) is 4.63. The lowest BCUT2D eigenvalue weighted by molar-refractivity contribution is -0.0249. The largest absolute Gasteiger partial charge is 0.385 e. The fourth-order valence-electron chi connectivity index (χ4n) is 2.80. The van der Waals surface area contributed by atoms with E-state index in [1.54, 1.807) is 0 Å². The third kappa shape index (κ3) is 2.26. The molecule has 1 unspecified atom stereocenters. The Kier molecular flexibility index (Phi) is 3.66. The third-order valence-corrected chi connectivity index (χ3v) is 3.98. The van der Waals surface area contributed by atoms with E-state index in [9.17, 15) is 18.3 Å². The predicted molar refractivity (Wildman–Crippen MR) is 62.5 cm³/mol. The van der Waals surface area contributed by atoms with Crippen molar-refractivity contribution in [2.45, 2.75) is 44.6 Å². The molecule has 0 radical (unpaired) electrons. The maximum atomic E-state index is 13.7. The van der Waals surface area contributed by atoms with Crippen molar-refractivity contribution < 1.29 is 18.3 Å². The van der Waals surface area contributed by atoms with Crippen molar-refractivity contribution in [3.8, 4) is 0 Å². The van der Waals surface area contributed by atoms with Crippen LogP contribution in [0.1, 0.15) is 44.6 Å². The molecule has 1 aromatic rings. The Bertz CT molecular complexity index is 437. The molecule has 100 valence electrons. The van der Waals surface area contributed by atoms with Crippen LogP contribution < -0.4 is 0 Å². The molecule has 1 aliphatic carbocycles. The van der Waals surface area contributed by atoms with Gasteiger partial charge in [0.05, 0.1) is 5.60 Å². The summed E-state index contributed by atoms with van der Waals surface area (Å²) in [5.41, 5.74) is -1.59. The van der Waals surface area contributed by atoms with E-state index in [0.29, 0.717) is 0 Å². The summed E-state index contributed by atoms with van der Waals surface area (Å²) >= 11 is 0. The summed E-state index contributed by atoms with van der Waals surface area (Å²) in [7, 11) is 0. The number of halogens is 3. The summed E-state index contributed by atoms with van der Waals surface area (Å²) in [5.74, 6) is -4.12. The average Bonchev–Trinajstić information content (AvgIpc) is 2.37. The summed E-state index contributed by atoms with van der Waals surface area (Å²) in [6, 6.07) is 2.01. The molecule has 0 spiro atoms. The molecule has 1 nitrogen and oxygen atoms in total. The third-order valence-electron chi connectivity index (χ3n) is 3.98. The predicted octanol–water partition coefficient (Wildman–Crippen LogP) is 3.89. The number of rotatable bonds is 2. The molecule has 1 aromatic carbocycles. The lowest BCUT2D eigenvalue weighted by atomic mass is 9.74. The van der Waals surface area contributed by atoms with Crippen LogP contribution in [0.15, 0.2) is 12.1 Å². The zero-order valence-electron chi connectivity index (χ0n) is 10.3. The van der Waals surface area contributed by atoms with E-state index in [-0.39, 0.29) is 11.5 Å². The van der Waals surface area contributed by atoms with Crippen molar-refractivity contribution in [3.05, 3.63) is 35.1 Å².